The number of benzene rings is 1. The highest BCUT2D eigenvalue weighted by atomic mass is 32.2. The summed E-state index contributed by atoms with van der Waals surface area (Å²) in [6, 6.07) is 0.412. The SMILES string of the molecule is COC(=O)c1cnc(C(=O)C(CCCN=C(NC(=O)OC(C)(C)C)NS(=O)(=O)c2c(C)cc(OC)c(C)c2C)NC(=O)OC(C)(C)C)[nH]1. The second-order valence-electron chi connectivity index (χ2n) is 12.8. The Bertz CT molecular complexity index is 1650. The van der Waals surface area contributed by atoms with Crippen LogP contribution in [0.4, 0.5) is 9.59 Å². The van der Waals surface area contributed by atoms with Gasteiger partial charge in [-0.2, -0.15) is 0 Å². The fraction of sp³-hybridized carbons (Fsp3) is 0.548. The Labute approximate surface area is 280 Å². The lowest BCUT2D eigenvalue weighted by Gasteiger charge is -2.23. The minimum absolute atomic E-state index is 0.0157. The molecule has 48 heavy (non-hydrogen) atoms. The lowest BCUT2D eigenvalue weighted by Crippen LogP contribution is -2.46. The van der Waals surface area contributed by atoms with Crippen molar-refractivity contribution in [3.63, 3.8) is 0 Å². The number of aryl methyl sites for hydroxylation is 1. The van der Waals surface area contributed by atoms with Crippen LogP contribution in [0.3, 0.4) is 0 Å². The molecule has 0 saturated carbocycles. The standard InChI is InChI=1S/C31H46N6O10S/c1-17-15-22(44-10)18(2)19(3)24(17)48(42,43)37-27(36-29(41)47-31(7,8)9)32-14-12-13-20(35-28(40)46-30(4,5)6)23(38)25-33-16-21(34-25)26(39)45-11/h15-16,20H,12-14H2,1-11H3,(H,33,34)(H,35,40)(H2,32,36,37,41). The van der Waals surface area contributed by atoms with Crippen molar-refractivity contribution in [3.05, 3.63) is 40.5 Å². The van der Waals surface area contributed by atoms with Crippen LogP contribution < -0.4 is 20.1 Å². The van der Waals surface area contributed by atoms with Crippen LogP contribution in [-0.4, -0.2) is 86.3 Å². The van der Waals surface area contributed by atoms with E-state index in [1.165, 1.54) is 14.2 Å². The Hall–Kier alpha value is -4.67. The molecule has 0 fully saturated rings. The Kier molecular flexibility index (Phi) is 13.1. The van der Waals surface area contributed by atoms with E-state index < -0.39 is 57.2 Å². The van der Waals surface area contributed by atoms with Crippen LogP contribution >= 0.6 is 0 Å². The molecule has 0 aliphatic rings. The molecule has 1 aromatic carbocycles. The molecule has 0 radical (unpaired) electrons. The number of nitrogens with one attached hydrogen (secondary N) is 4. The molecule has 1 aromatic heterocycles. The highest BCUT2D eigenvalue weighted by Gasteiger charge is 2.29. The van der Waals surface area contributed by atoms with Gasteiger partial charge < -0.3 is 29.2 Å². The molecule has 0 aliphatic carbocycles. The normalized spacial score (nSPS) is 12.9. The van der Waals surface area contributed by atoms with E-state index in [9.17, 15) is 27.6 Å². The predicted molar refractivity (Wildman–Crippen MR) is 176 cm³/mol. The molecule has 0 saturated heterocycles. The van der Waals surface area contributed by atoms with Gasteiger partial charge in [-0.05, 0) is 97.9 Å². The van der Waals surface area contributed by atoms with E-state index in [1.54, 1.807) is 68.4 Å². The highest BCUT2D eigenvalue weighted by molar-refractivity contribution is 7.90. The topological polar surface area (TPSA) is 216 Å². The maximum Gasteiger partial charge on any atom is 0.414 e. The zero-order valence-electron chi connectivity index (χ0n) is 29.2. The van der Waals surface area contributed by atoms with Crippen molar-refractivity contribution in [3.8, 4) is 5.75 Å². The molecule has 2 aromatic rings. The zero-order valence-corrected chi connectivity index (χ0v) is 30.1. The fourth-order valence-electron chi connectivity index (χ4n) is 4.35. The summed E-state index contributed by atoms with van der Waals surface area (Å²) in [5, 5.41) is 4.86. The largest absolute Gasteiger partial charge is 0.496 e. The first-order valence-corrected chi connectivity index (χ1v) is 16.5. The summed E-state index contributed by atoms with van der Waals surface area (Å²) in [5.74, 6) is -1.51. The molecular weight excluding hydrogens is 648 g/mol. The minimum atomic E-state index is -4.29. The monoisotopic (exact) mass is 694 g/mol. The first-order valence-electron chi connectivity index (χ1n) is 15.0. The first kappa shape index (κ1) is 39.5. The van der Waals surface area contributed by atoms with Crippen molar-refractivity contribution in [2.24, 2.45) is 4.99 Å². The van der Waals surface area contributed by atoms with Gasteiger partial charge in [-0.25, -0.2) is 32.5 Å². The second kappa shape index (κ2) is 16.0. The van der Waals surface area contributed by atoms with Gasteiger partial charge in [-0.15, -0.1) is 0 Å². The average Bonchev–Trinajstić information content (AvgIpc) is 3.43. The van der Waals surface area contributed by atoms with Crippen LogP contribution in [0.2, 0.25) is 0 Å². The molecule has 4 N–H and O–H groups in total. The minimum Gasteiger partial charge on any atom is -0.496 e. The number of amides is 2. The molecule has 0 aliphatic heterocycles. The summed E-state index contributed by atoms with van der Waals surface area (Å²) in [4.78, 5) is 61.2. The third-order valence-corrected chi connectivity index (χ3v) is 8.09. The number of nitrogens with zero attached hydrogens (tertiary/aromatic N) is 2. The number of rotatable bonds is 11. The van der Waals surface area contributed by atoms with Crippen molar-refractivity contribution >= 4 is 39.9 Å². The van der Waals surface area contributed by atoms with Crippen molar-refractivity contribution < 1.29 is 46.5 Å². The predicted octanol–water partition coefficient (Wildman–Crippen LogP) is 3.85. The molecular formula is C31H46N6O10S. The third-order valence-electron chi connectivity index (χ3n) is 6.46. The number of hydrogen-bond acceptors (Lipinski definition) is 12. The van der Waals surface area contributed by atoms with Crippen LogP contribution in [0.5, 0.6) is 5.75 Å². The molecule has 16 nitrogen and oxygen atoms in total. The summed E-state index contributed by atoms with van der Waals surface area (Å²) >= 11 is 0. The van der Waals surface area contributed by atoms with Gasteiger partial charge in [0.05, 0.1) is 31.4 Å². The number of H-pyrrole nitrogens is 1. The van der Waals surface area contributed by atoms with Gasteiger partial charge in [-0.3, -0.25) is 15.1 Å². The molecule has 1 heterocycles. The Morgan fingerprint density at radius 2 is 1.56 bits per heavy atom. The quantitative estimate of drug-likeness (QED) is 0.0662. The third kappa shape index (κ3) is 11.5. The number of sulfonamides is 1. The van der Waals surface area contributed by atoms with Crippen LogP contribution in [0, 0.1) is 20.8 Å². The van der Waals surface area contributed by atoms with Crippen LogP contribution in [0.1, 0.15) is 92.2 Å². The summed E-state index contributed by atoms with van der Waals surface area (Å²) in [7, 11) is -1.63. The number of aromatic nitrogens is 2. The number of aromatic amines is 1. The number of ketones is 1. The number of ether oxygens (including phenoxy) is 4. The molecule has 2 amide bonds. The molecule has 0 spiro atoms. The van der Waals surface area contributed by atoms with Gasteiger partial charge in [0.1, 0.15) is 22.6 Å². The van der Waals surface area contributed by atoms with Gasteiger partial charge in [0.2, 0.25) is 11.7 Å². The van der Waals surface area contributed by atoms with E-state index in [1.807, 2.05) is 0 Å². The summed E-state index contributed by atoms with van der Waals surface area (Å²) < 4.78 is 50.2. The van der Waals surface area contributed by atoms with Crippen molar-refractivity contribution in [2.45, 2.75) is 97.3 Å². The number of guanidine groups is 1. The highest BCUT2D eigenvalue weighted by Crippen LogP contribution is 2.30. The van der Waals surface area contributed by atoms with Gasteiger partial charge in [0.15, 0.2) is 5.82 Å². The van der Waals surface area contributed by atoms with Crippen LogP contribution in [0.25, 0.3) is 0 Å². The second-order valence-corrected chi connectivity index (χ2v) is 14.4. The van der Waals surface area contributed by atoms with Gasteiger partial charge in [0.25, 0.3) is 10.0 Å². The number of hydrogen-bond donors (Lipinski definition) is 4. The number of esters is 1. The maximum absolute atomic E-state index is 13.6. The van der Waals surface area contributed by atoms with E-state index >= 15 is 0 Å². The summed E-state index contributed by atoms with van der Waals surface area (Å²) in [6.07, 6.45) is -0.607. The molecule has 1 atom stereocenters. The van der Waals surface area contributed by atoms with Gasteiger partial charge in [-0.1, -0.05) is 0 Å². The molecule has 17 heteroatoms. The van der Waals surface area contributed by atoms with Gasteiger partial charge >= 0.3 is 18.2 Å². The van der Waals surface area contributed by atoms with Crippen molar-refractivity contribution in [2.75, 3.05) is 20.8 Å². The Morgan fingerprint density at radius 3 is 2.12 bits per heavy atom. The van der Waals surface area contributed by atoms with E-state index in [-0.39, 0.29) is 35.8 Å². The number of carbonyl (C=O) groups excluding carboxylic acids is 4. The number of Topliss-reactive ketones (excluding diaryl/α,β-unsaturated/α-hetero) is 1. The number of alkyl carbamates (subject to hydrolysis) is 2. The van der Waals surface area contributed by atoms with E-state index in [2.05, 4.69) is 35.1 Å². The van der Waals surface area contributed by atoms with E-state index in [0.717, 1.165) is 6.20 Å². The zero-order chi connectivity index (χ0) is 36.6. The average molecular weight is 695 g/mol. The molecule has 266 valence electrons. The van der Waals surface area contributed by atoms with E-state index in [0.29, 0.717) is 22.4 Å². The maximum atomic E-state index is 13.6. The van der Waals surface area contributed by atoms with Crippen LogP contribution in [0.15, 0.2) is 22.2 Å². The molecule has 0 bridgehead atoms. The van der Waals surface area contributed by atoms with E-state index in [4.69, 9.17) is 14.2 Å². The van der Waals surface area contributed by atoms with Crippen LogP contribution in [-0.2, 0) is 24.2 Å². The number of carbonyl (C=O) groups is 4. The summed E-state index contributed by atoms with van der Waals surface area (Å²) in [5.41, 5.74) is -0.353. The number of methoxy groups -OCH3 is 2. The van der Waals surface area contributed by atoms with Gasteiger partial charge in [0, 0.05) is 6.54 Å². The lowest BCUT2D eigenvalue weighted by molar-refractivity contribution is 0.0485. The van der Waals surface area contributed by atoms with Crippen molar-refractivity contribution in [1.29, 1.82) is 0 Å². The van der Waals surface area contributed by atoms with Crippen molar-refractivity contribution in [1.82, 2.24) is 25.3 Å². The number of imidazole rings is 1. The molecule has 1 unspecified atom stereocenters. The summed E-state index contributed by atoms with van der Waals surface area (Å²) in [6.45, 7) is 14.8. The Morgan fingerprint density at radius 1 is 0.958 bits per heavy atom. The fourth-order valence-corrected chi connectivity index (χ4v) is 5.86. The lowest BCUT2D eigenvalue weighted by atomic mass is 10.1. The first-order chi connectivity index (χ1) is 22.1. The smallest absolute Gasteiger partial charge is 0.414 e. The Balaban J connectivity index is 2.37. The molecule has 2 rings (SSSR count). The number of aliphatic imine (C=N–C) groups is 1.